The standard InChI is InChI=1S/C15H12O4/c1-9-12(17-2)6-5-11-14(16)13(19-15(9)11)8-10-4-3-7-18-10/h3-8H,1-2H3/b13-8+. The second kappa shape index (κ2) is 4.31. The predicted molar refractivity (Wildman–Crippen MR) is 69.4 cm³/mol. The molecule has 0 saturated heterocycles. The van der Waals surface area contributed by atoms with Crippen LogP contribution in [0.3, 0.4) is 0 Å². The molecule has 3 rings (SSSR count). The molecule has 0 unspecified atom stereocenters. The number of hydrogen-bond donors (Lipinski definition) is 0. The van der Waals surface area contributed by atoms with Crippen molar-refractivity contribution in [1.82, 2.24) is 0 Å². The van der Waals surface area contributed by atoms with E-state index in [4.69, 9.17) is 13.9 Å². The Bertz CT molecular complexity index is 666. The summed E-state index contributed by atoms with van der Waals surface area (Å²) in [6.07, 6.45) is 3.14. The fourth-order valence-electron chi connectivity index (χ4n) is 2.09. The lowest BCUT2D eigenvalue weighted by Crippen LogP contribution is -1.97. The lowest BCUT2D eigenvalue weighted by molar-refractivity contribution is 0.101. The smallest absolute Gasteiger partial charge is 0.232 e. The van der Waals surface area contributed by atoms with Crippen LogP contribution in [0, 0.1) is 6.92 Å². The van der Waals surface area contributed by atoms with Crippen LogP contribution >= 0.6 is 0 Å². The lowest BCUT2D eigenvalue weighted by atomic mass is 10.1. The Morgan fingerprint density at radius 1 is 1.26 bits per heavy atom. The van der Waals surface area contributed by atoms with E-state index in [2.05, 4.69) is 0 Å². The van der Waals surface area contributed by atoms with Gasteiger partial charge in [0.25, 0.3) is 0 Å². The molecule has 1 aromatic heterocycles. The second-order valence-corrected chi connectivity index (χ2v) is 4.22. The molecule has 96 valence electrons. The van der Waals surface area contributed by atoms with Crippen molar-refractivity contribution in [3.63, 3.8) is 0 Å². The Labute approximate surface area is 110 Å². The number of allylic oxidation sites excluding steroid dienone is 1. The number of Topliss-reactive ketones (excluding diaryl/α,β-unsaturated/α-hetero) is 1. The first kappa shape index (κ1) is 11.6. The molecule has 0 fully saturated rings. The van der Waals surface area contributed by atoms with Gasteiger partial charge in [-0.1, -0.05) is 0 Å². The summed E-state index contributed by atoms with van der Waals surface area (Å²) in [5.74, 6) is 1.96. The summed E-state index contributed by atoms with van der Waals surface area (Å²) >= 11 is 0. The molecule has 0 aliphatic carbocycles. The Balaban J connectivity index is 2.04. The minimum absolute atomic E-state index is 0.142. The molecule has 0 saturated carbocycles. The van der Waals surface area contributed by atoms with Crippen LogP contribution in [0.4, 0.5) is 0 Å². The van der Waals surface area contributed by atoms with Gasteiger partial charge in [-0.05, 0) is 31.2 Å². The van der Waals surface area contributed by atoms with E-state index in [1.807, 2.05) is 6.92 Å². The molecule has 19 heavy (non-hydrogen) atoms. The quantitative estimate of drug-likeness (QED) is 0.774. The minimum Gasteiger partial charge on any atom is -0.496 e. The first-order valence-electron chi connectivity index (χ1n) is 5.86. The van der Waals surface area contributed by atoms with Gasteiger partial charge in [0.05, 0.1) is 18.9 Å². The third-order valence-electron chi connectivity index (χ3n) is 3.07. The highest BCUT2D eigenvalue weighted by Gasteiger charge is 2.30. The van der Waals surface area contributed by atoms with Crippen molar-refractivity contribution in [3.8, 4) is 11.5 Å². The number of hydrogen-bond acceptors (Lipinski definition) is 4. The number of carbonyl (C=O) groups is 1. The molecular weight excluding hydrogens is 244 g/mol. The van der Waals surface area contributed by atoms with Gasteiger partial charge in [0.15, 0.2) is 5.76 Å². The highest BCUT2D eigenvalue weighted by atomic mass is 16.5. The second-order valence-electron chi connectivity index (χ2n) is 4.22. The van der Waals surface area contributed by atoms with Crippen LogP contribution in [-0.2, 0) is 0 Å². The van der Waals surface area contributed by atoms with Gasteiger partial charge in [-0.15, -0.1) is 0 Å². The summed E-state index contributed by atoms with van der Waals surface area (Å²) in [6.45, 7) is 1.86. The zero-order valence-corrected chi connectivity index (χ0v) is 10.6. The van der Waals surface area contributed by atoms with Gasteiger partial charge in [-0.2, -0.15) is 0 Å². The van der Waals surface area contributed by atoms with Crippen molar-refractivity contribution >= 4 is 11.9 Å². The molecule has 0 spiro atoms. The molecule has 0 N–H and O–H groups in total. The van der Waals surface area contributed by atoms with Crippen LogP contribution < -0.4 is 9.47 Å². The Morgan fingerprint density at radius 2 is 2.11 bits per heavy atom. The number of methoxy groups -OCH3 is 1. The van der Waals surface area contributed by atoms with E-state index in [0.29, 0.717) is 22.8 Å². The number of carbonyl (C=O) groups excluding carboxylic acids is 1. The highest BCUT2D eigenvalue weighted by molar-refractivity contribution is 6.14. The molecule has 1 aliphatic rings. The van der Waals surface area contributed by atoms with E-state index in [0.717, 1.165) is 5.56 Å². The number of ketones is 1. The summed E-state index contributed by atoms with van der Waals surface area (Å²) in [7, 11) is 1.59. The maximum Gasteiger partial charge on any atom is 0.232 e. The van der Waals surface area contributed by atoms with E-state index >= 15 is 0 Å². The van der Waals surface area contributed by atoms with Crippen LogP contribution in [0.2, 0.25) is 0 Å². The average Bonchev–Trinajstić information content (AvgIpc) is 3.01. The van der Waals surface area contributed by atoms with Crippen LogP contribution in [0.5, 0.6) is 11.5 Å². The van der Waals surface area contributed by atoms with E-state index < -0.39 is 0 Å². The van der Waals surface area contributed by atoms with Gasteiger partial charge in [-0.25, -0.2) is 0 Å². The van der Waals surface area contributed by atoms with Gasteiger partial charge in [0.2, 0.25) is 5.78 Å². The van der Waals surface area contributed by atoms with E-state index in [1.165, 1.54) is 0 Å². The molecule has 2 heterocycles. The zero-order valence-electron chi connectivity index (χ0n) is 10.6. The Hall–Kier alpha value is -2.49. The van der Waals surface area contributed by atoms with Crippen molar-refractivity contribution in [2.75, 3.05) is 7.11 Å². The van der Waals surface area contributed by atoms with Crippen molar-refractivity contribution in [3.05, 3.63) is 53.2 Å². The summed E-state index contributed by atoms with van der Waals surface area (Å²) < 4.78 is 16.0. The van der Waals surface area contributed by atoms with Gasteiger partial charge in [-0.3, -0.25) is 4.79 Å². The third kappa shape index (κ3) is 1.81. The van der Waals surface area contributed by atoms with Crippen LogP contribution in [0.25, 0.3) is 6.08 Å². The number of benzene rings is 1. The SMILES string of the molecule is COc1ccc2c(c1C)O/C(=C/c1ccco1)C2=O. The van der Waals surface area contributed by atoms with E-state index in [9.17, 15) is 4.79 Å². The highest BCUT2D eigenvalue weighted by Crippen LogP contribution is 2.39. The number of furan rings is 1. The van der Waals surface area contributed by atoms with Gasteiger partial charge < -0.3 is 13.9 Å². The molecule has 0 amide bonds. The summed E-state index contributed by atoms with van der Waals surface area (Å²) in [4.78, 5) is 12.2. The van der Waals surface area contributed by atoms with Gasteiger partial charge in [0.1, 0.15) is 17.3 Å². The molecule has 1 aromatic carbocycles. The van der Waals surface area contributed by atoms with E-state index in [1.54, 1.807) is 43.7 Å². The van der Waals surface area contributed by atoms with Crippen molar-refractivity contribution < 1.29 is 18.7 Å². The van der Waals surface area contributed by atoms with Crippen LogP contribution in [-0.4, -0.2) is 12.9 Å². The zero-order chi connectivity index (χ0) is 13.4. The third-order valence-corrected chi connectivity index (χ3v) is 3.07. The number of ether oxygens (including phenoxy) is 2. The molecule has 1 aliphatic heterocycles. The van der Waals surface area contributed by atoms with Crippen molar-refractivity contribution in [1.29, 1.82) is 0 Å². The Kier molecular flexibility index (Phi) is 2.63. The summed E-state index contributed by atoms with van der Waals surface area (Å²) in [6, 6.07) is 7.01. The fraction of sp³-hybridized carbons (Fsp3) is 0.133. The maximum absolute atomic E-state index is 12.2. The molecule has 0 bridgehead atoms. The average molecular weight is 256 g/mol. The maximum atomic E-state index is 12.2. The largest absolute Gasteiger partial charge is 0.496 e. The molecular formula is C15H12O4. The summed E-state index contributed by atoms with van der Waals surface area (Å²) in [5.41, 5.74) is 1.37. The van der Waals surface area contributed by atoms with Gasteiger partial charge >= 0.3 is 0 Å². The monoisotopic (exact) mass is 256 g/mol. The Morgan fingerprint density at radius 3 is 2.79 bits per heavy atom. The minimum atomic E-state index is -0.142. The normalized spacial score (nSPS) is 15.5. The summed E-state index contributed by atoms with van der Waals surface area (Å²) in [5, 5.41) is 0. The first-order chi connectivity index (χ1) is 9.20. The fourth-order valence-corrected chi connectivity index (χ4v) is 2.09. The van der Waals surface area contributed by atoms with Crippen molar-refractivity contribution in [2.45, 2.75) is 6.92 Å². The molecule has 4 heteroatoms. The van der Waals surface area contributed by atoms with Crippen molar-refractivity contribution in [2.24, 2.45) is 0 Å². The lowest BCUT2D eigenvalue weighted by Gasteiger charge is -2.07. The predicted octanol–water partition coefficient (Wildman–Crippen LogP) is 3.21. The van der Waals surface area contributed by atoms with Crippen LogP contribution in [0.1, 0.15) is 21.7 Å². The van der Waals surface area contributed by atoms with E-state index in [-0.39, 0.29) is 11.5 Å². The molecule has 4 nitrogen and oxygen atoms in total. The van der Waals surface area contributed by atoms with Gasteiger partial charge in [0, 0.05) is 11.6 Å². The topological polar surface area (TPSA) is 48.7 Å². The number of rotatable bonds is 2. The van der Waals surface area contributed by atoms with Crippen LogP contribution in [0.15, 0.2) is 40.7 Å². The molecule has 0 radical (unpaired) electrons. The number of fused-ring (bicyclic) bond motifs is 1. The molecule has 2 aromatic rings. The first-order valence-corrected chi connectivity index (χ1v) is 5.86. The molecule has 0 atom stereocenters.